The van der Waals surface area contributed by atoms with Gasteiger partial charge < -0.3 is 15.4 Å². The number of hydrogen-bond donors (Lipinski definition) is 3. The summed E-state index contributed by atoms with van der Waals surface area (Å²) >= 11 is 0. The van der Waals surface area contributed by atoms with Gasteiger partial charge in [-0.1, -0.05) is 6.07 Å². The molecule has 100 valence electrons. The normalized spacial score (nSPS) is 14.1. The van der Waals surface area contributed by atoms with Gasteiger partial charge in [-0.05, 0) is 17.7 Å². The summed E-state index contributed by atoms with van der Waals surface area (Å²) in [5, 5.41) is 6.29. The third-order valence-corrected chi connectivity index (χ3v) is 3.11. The van der Waals surface area contributed by atoms with Crippen LogP contribution in [0, 0.1) is 0 Å². The predicted molar refractivity (Wildman–Crippen MR) is 70.1 cm³/mol. The first-order valence-electron chi connectivity index (χ1n) is 6.10. The van der Waals surface area contributed by atoms with Crippen LogP contribution in [0.1, 0.15) is 11.4 Å². The number of hydrogen-bond acceptors (Lipinski definition) is 5. The van der Waals surface area contributed by atoms with Crippen LogP contribution in [0.15, 0.2) is 23.0 Å². The summed E-state index contributed by atoms with van der Waals surface area (Å²) in [6, 6.07) is 5.90. The van der Waals surface area contributed by atoms with Crippen molar-refractivity contribution in [2.24, 2.45) is 5.73 Å². The molecule has 7 heteroatoms. The van der Waals surface area contributed by atoms with Crippen molar-refractivity contribution < 1.29 is 4.74 Å². The lowest BCUT2D eigenvalue weighted by molar-refractivity contribution is 0.306. The van der Waals surface area contributed by atoms with Crippen LogP contribution >= 0.6 is 0 Å². The second-order valence-electron chi connectivity index (χ2n) is 4.40. The molecule has 0 aliphatic carbocycles. The van der Waals surface area contributed by atoms with E-state index in [0.29, 0.717) is 25.5 Å². The number of rotatable bonds is 3. The number of nitrogens with one attached hydrogen (secondary N) is 2. The lowest BCUT2D eigenvalue weighted by Gasteiger charge is -2.30. The highest BCUT2D eigenvalue weighted by Gasteiger charge is 2.19. The van der Waals surface area contributed by atoms with Gasteiger partial charge in [-0.3, -0.25) is 4.98 Å². The van der Waals surface area contributed by atoms with E-state index in [0.717, 1.165) is 23.5 Å². The zero-order valence-corrected chi connectivity index (χ0v) is 10.3. The molecule has 2 heterocycles. The number of aromatic nitrogens is 3. The van der Waals surface area contributed by atoms with Crippen LogP contribution in [-0.4, -0.2) is 28.3 Å². The standard InChI is InChI=1S/C12H15N5O2/c13-6-8-1-2-10-9(5-8)17(3-4-19-10)7-11-14-12(18)16-15-11/h1-2,5H,3-4,6-7,13H2,(H2,14,15,16,18). The van der Waals surface area contributed by atoms with Gasteiger partial charge in [0.2, 0.25) is 0 Å². The van der Waals surface area contributed by atoms with E-state index >= 15 is 0 Å². The van der Waals surface area contributed by atoms with Crippen LogP contribution < -0.4 is 21.1 Å². The maximum atomic E-state index is 11.0. The Morgan fingerprint density at radius 2 is 2.37 bits per heavy atom. The summed E-state index contributed by atoms with van der Waals surface area (Å²) in [7, 11) is 0. The Kier molecular flexibility index (Phi) is 2.96. The first-order valence-corrected chi connectivity index (χ1v) is 6.10. The summed E-state index contributed by atoms with van der Waals surface area (Å²) < 4.78 is 5.61. The number of nitrogens with zero attached hydrogens (tertiary/aromatic N) is 2. The molecule has 0 unspecified atom stereocenters. The SMILES string of the molecule is NCc1ccc2c(c1)N(Cc1n[nH]c(=O)[nH]1)CCO2. The number of nitrogens with two attached hydrogens (primary N) is 1. The largest absolute Gasteiger partial charge is 0.490 e. The molecule has 0 bridgehead atoms. The summed E-state index contributed by atoms with van der Waals surface area (Å²) in [6.07, 6.45) is 0. The average molecular weight is 261 g/mol. The van der Waals surface area contributed by atoms with Crippen molar-refractivity contribution in [1.29, 1.82) is 0 Å². The molecule has 0 fully saturated rings. The summed E-state index contributed by atoms with van der Waals surface area (Å²) in [5.41, 5.74) is 7.40. The second kappa shape index (κ2) is 4.77. The Morgan fingerprint density at radius 1 is 1.47 bits per heavy atom. The molecule has 4 N–H and O–H groups in total. The molecule has 0 saturated carbocycles. The number of benzene rings is 1. The minimum atomic E-state index is -0.292. The Balaban J connectivity index is 1.90. The first kappa shape index (κ1) is 11.8. The van der Waals surface area contributed by atoms with Crippen LogP contribution in [-0.2, 0) is 13.1 Å². The maximum Gasteiger partial charge on any atom is 0.340 e. The van der Waals surface area contributed by atoms with Crippen LogP contribution in [0.4, 0.5) is 5.69 Å². The van der Waals surface area contributed by atoms with Crippen molar-refractivity contribution >= 4 is 5.69 Å². The highest BCUT2D eigenvalue weighted by atomic mass is 16.5. The van der Waals surface area contributed by atoms with E-state index < -0.39 is 0 Å². The zero-order chi connectivity index (χ0) is 13.2. The third kappa shape index (κ3) is 2.32. The molecule has 7 nitrogen and oxygen atoms in total. The van der Waals surface area contributed by atoms with Crippen LogP contribution in [0.2, 0.25) is 0 Å². The fraction of sp³-hybridized carbons (Fsp3) is 0.333. The van der Waals surface area contributed by atoms with Crippen molar-refractivity contribution in [2.75, 3.05) is 18.1 Å². The van der Waals surface area contributed by atoms with Gasteiger partial charge in [-0.15, -0.1) is 0 Å². The first-order chi connectivity index (χ1) is 9.26. The Labute approximate surface area is 109 Å². The molecule has 0 spiro atoms. The van der Waals surface area contributed by atoms with Gasteiger partial charge in [0.05, 0.1) is 18.8 Å². The van der Waals surface area contributed by atoms with Gasteiger partial charge in [0.1, 0.15) is 18.2 Å². The summed E-state index contributed by atoms with van der Waals surface area (Å²) in [5.74, 6) is 1.44. The van der Waals surface area contributed by atoms with Crippen LogP contribution in [0.5, 0.6) is 5.75 Å². The molecule has 1 aliphatic rings. The number of ether oxygens (including phenoxy) is 1. The smallest absolute Gasteiger partial charge is 0.340 e. The number of H-pyrrole nitrogens is 2. The molecule has 19 heavy (non-hydrogen) atoms. The number of aromatic amines is 2. The van der Waals surface area contributed by atoms with E-state index in [1.807, 2.05) is 18.2 Å². The van der Waals surface area contributed by atoms with Crippen molar-refractivity contribution in [3.63, 3.8) is 0 Å². The number of anilines is 1. The highest BCUT2D eigenvalue weighted by Crippen LogP contribution is 2.32. The van der Waals surface area contributed by atoms with Gasteiger partial charge in [0.15, 0.2) is 0 Å². The van der Waals surface area contributed by atoms with E-state index in [1.54, 1.807) is 0 Å². The third-order valence-electron chi connectivity index (χ3n) is 3.11. The minimum Gasteiger partial charge on any atom is -0.490 e. The van der Waals surface area contributed by atoms with Crippen LogP contribution in [0.25, 0.3) is 0 Å². The van der Waals surface area contributed by atoms with Crippen molar-refractivity contribution in [3.05, 3.63) is 40.1 Å². The second-order valence-corrected chi connectivity index (χ2v) is 4.40. The lowest BCUT2D eigenvalue weighted by Crippen LogP contribution is -2.32. The van der Waals surface area contributed by atoms with E-state index in [-0.39, 0.29) is 5.69 Å². The fourth-order valence-electron chi connectivity index (χ4n) is 2.17. The van der Waals surface area contributed by atoms with Crippen molar-refractivity contribution in [1.82, 2.24) is 15.2 Å². The molecular weight excluding hydrogens is 246 g/mol. The van der Waals surface area contributed by atoms with Crippen molar-refractivity contribution in [2.45, 2.75) is 13.1 Å². The molecule has 0 amide bonds. The molecule has 1 aromatic heterocycles. The van der Waals surface area contributed by atoms with Gasteiger partial charge in [0, 0.05) is 6.54 Å². The molecule has 1 aliphatic heterocycles. The molecule has 2 aromatic rings. The van der Waals surface area contributed by atoms with E-state index in [9.17, 15) is 4.79 Å². The predicted octanol–water partition coefficient (Wildman–Crippen LogP) is -0.0443. The molecule has 0 atom stereocenters. The van der Waals surface area contributed by atoms with Gasteiger partial charge in [0.25, 0.3) is 0 Å². The molecular formula is C12H15N5O2. The Morgan fingerprint density at radius 3 is 3.11 bits per heavy atom. The minimum absolute atomic E-state index is 0.292. The molecule has 0 saturated heterocycles. The average Bonchev–Trinajstić information content (AvgIpc) is 2.84. The number of fused-ring (bicyclic) bond motifs is 1. The highest BCUT2D eigenvalue weighted by molar-refractivity contribution is 5.61. The van der Waals surface area contributed by atoms with E-state index in [1.165, 1.54) is 0 Å². The molecule has 0 radical (unpaired) electrons. The Hall–Kier alpha value is -2.28. The van der Waals surface area contributed by atoms with Crippen molar-refractivity contribution in [3.8, 4) is 5.75 Å². The maximum absolute atomic E-state index is 11.0. The monoisotopic (exact) mass is 261 g/mol. The van der Waals surface area contributed by atoms with Crippen LogP contribution in [0.3, 0.4) is 0 Å². The zero-order valence-electron chi connectivity index (χ0n) is 10.3. The van der Waals surface area contributed by atoms with E-state index in [4.69, 9.17) is 10.5 Å². The van der Waals surface area contributed by atoms with E-state index in [2.05, 4.69) is 20.1 Å². The topological polar surface area (TPSA) is 100 Å². The Bertz CT molecular complexity index is 633. The van der Waals surface area contributed by atoms with Gasteiger partial charge in [-0.2, -0.15) is 5.10 Å². The lowest BCUT2D eigenvalue weighted by atomic mass is 10.1. The summed E-state index contributed by atoms with van der Waals surface area (Å²) in [6.45, 7) is 2.38. The summed E-state index contributed by atoms with van der Waals surface area (Å²) in [4.78, 5) is 15.8. The van der Waals surface area contributed by atoms with Gasteiger partial charge in [-0.25, -0.2) is 9.89 Å². The fourth-order valence-corrected chi connectivity index (χ4v) is 2.17. The molecule has 1 aromatic carbocycles. The molecule has 3 rings (SSSR count). The van der Waals surface area contributed by atoms with Gasteiger partial charge >= 0.3 is 5.69 Å². The quantitative estimate of drug-likeness (QED) is 0.719.